The van der Waals surface area contributed by atoms with Gasteiger partial charge in [-0.25, -0.2) is 4.79 Å². The van der Waals surface area contributed by atoms with Gasteiger partial charge in [-0.1, -0.05) is 31.1 Å². The fourth-order valence-electron chi connectivity index (χ4n) is 6.41. The highest BCUT2D eigenvalue weighted by atomic mass is 16.7. The molecule has 1 aliphatic carbocycles. The Hall–Kier alpha value is -3.10. The molecule has 2 aliphatic heterocycles. The Morgan fingerprint density at radius 3 is 2.39 bits per heavy atom. The molecule has 9 nitrogen and oxygen atoms in total. The summed E-state index contributed by atoms with van der Waals surface area (Å²) in [6.07, 6.45) is 6.27. The molecule has 0 unspecified atom stereocenters. The van der Waals surface area contributed by atoms with Gasteiger partial charge in [0.2, 0.25) is 0 Å². The lowest BCUT2D eigenvalue weighted by Crippen LogP contribution is -2.48. The van der Waals surface area contributed by atoms with E-state index in [1.807, 2.05) is 39.8 Å². The van der Waals surface area contributed by atoms with Crippen LogP contribution in [0.2, 0.25) is 0 Å². The number of ether oxygens (including phenoxy) is 2. The lowest BCUT2D eigenvalue weighted by molar-refractivity contribution is -0.0639. The predicted molar refractivity (Wildman–Crippen MR) is 158 cm³/mol. The lowest BCUT2D eigenvalue weighted by Gasteiger charge is -2.38. The number of hydrogen-bond acceptors (Lipinski definition) is 7. The smallest absolute Gasteiger partial charge is 0.410 e. The van der Waals surface area contributed by atoms with Crippen molar-refractivity contribution >= 4 is 11.8 Å². The van der Waals surface area contributed by atoms with Gasteiger partial charge in [0.15, 0.2) is 11.9 Å². The molecule has 1 spiro atoms. The molecular formula is C32H47N5O4. The lowest BCUT2D eigenvalue weighted by atomic mass is 9.76. The van der Waals surface area contributed by atoms with Crippen LogP contribution in [0.15, 0.2) is 29.4 Å². The Balaban J connectivity index is 1.12. The minimum Gasteiger partial charge on any atom is -0.483 e. The molecule has 9 heteroatoms. The van der Waals surface area contributed by atoms with Crippen LogP contribution in [0, 0.1) is 5.92 Å². The van der Waals surface area contributed by atoms with E-state index < -0.39 is 5.60 Å². The summed E-state index contributed by atoms with van der Waals surface area (Å²) in [5.41, 5.74) is 1.70. The predicted octanol–water partition coefficient (Wildman–Crippen LogP) is 6.90. The van der Waals surface area contributed by atoms with Gasteiger partial charge >= 0.3 is 6.09 Å². The van der Waals surface area contributed by atoms with Crippen LogP contribution in [0.1, 0.15) is 122 Å². The first-order valence-electron chi connectivity index (χ1n) is 15.3. The summed E-state index contributed by atoms with van der Waals surface area (Å²) in [4.78, 5) is 20.3. The fourth-order valence-corrected chi connectivity index (χ4v) is 6.41. The standard InChI is InChI=1S/C32H47N5O4/c1-21(2)25-9-8-10-26(19-25)39-22(3)28-33-34-29(36(28)7)24-13-11-23(12-14-24)27-20-32(41-35-27)15-17-37(18-16-32)30(38)40-31(4,5)6/h8-10,19,21-24H,11-18,20H2,1-7H3/t22-,23?,24?/m1/s1. The Morgan fingerprint density at radius 2 is 1.73 bits per heavy atom. The van der Waals surface area contributed by atoms with E-state index in [4.69, 9.17) is 14.3 Å². The minimum absolute atomic E-state index is 0.192. The average molecular weight is 566 g/mol. The molecule has 1 atom stereocenters. The number of nitrogens with zero attached hydrogens (tertiary/aromatic N) is 5. The number of likely N-dealkylation sites (tertiary alicyclic amines) is 1. The topological polar surface area (TPSA) is 91.1 Å². The maximum Gasteiger partial charge on any atom is 0.410 e. The van der Waals surface area contributed by atoms with E-state index in [1.165, 1.54) is 11.3 Å². The number of aromatic nitrogens is 3. The van der Waals surface area contributed by atoms with Crippen LogP contribution in [-0.4, -0.2) is 55.8 Å². The van der Waals surface area contributed by atoms with Crippen molar-refractivity contribution in [3.63, 3.8) is 0 Å². The van der Waals surface area contributed by atoms with Crippen LogP contribution in [0.5, 0.6) is 5.75 Å². The van der Waals surface area contributed by atoms with Crippen LogP contribution >= 0.6 is 0 Å². The molecule has 0 N–H and O–H groups in total. The average Bonchev–Trinajstić information content (AvgIpc) is 3.52. The summed E-state index contributed by atoms with van der Waals surface area (Å²) in [5.74, 6) is 4.03. The third kappa shape index (κ3) is 6.70. The number of carbonyl (C=O) groups excluding carboxylic acids is 1. The van der Waals surface area contributed by atoms with Crippen molar-refractivity contribution in [2.45, 2.75) is 116 Å². The largest absolute Gasteiger partial charge is 0.483 e. The number of rotatable bonds is 6. The van der Waals surface area contributed by atoms with Crippen molar-refractivity contribution in [2.75, 3.05) is 13.1 Å². The van der Waals surface area contributed by atoms with Crippen LogP contribution in [0.3, 0.4) is 0 Å². The molecule has 0 radical (unpaired) electrons. The maximum absolute atomic E-state index is 12.5. The first kappa shape index (κ1) is 29.4. The molecule has 1 aromatic heterocycles. The normalized spacial score (nSPS) is 23.3. The van der Waals surface area contributed by atoms with E-state index >= 15 is 0 Å². The summed E-state index contributed by atoms with van der Waals surface area (Å²) in [6.45, 7) is 13.4. The van der Waals surface area contributed by atoms with Crippen molar-refractivity contribution in [1.29, 1.82) is 0 Å². The highest BCUT2D eigenvalue weighted by molar-refractivity contribution is 5.88. The molecule has 1 aromatic carbocycles. The van der Waals surface area contributed by atoms with Gasteiger partial charge in [0.1, 0.15) is 22.8 Å². The fraction of sp³-hybridized carbons (Fsp3) is 0.688. The molecule has 41 heavy (non-hydrogen) atoms. The van der Waals surface area contributed by atoms with E-state index in [1.54, 1.807) is 4.90 Å². The Morgan fingerprint density at radius 1 is 1.05 bits per heavy atom. The second-order valence-corrected chi connectivity index (χ2v) is 13.5. The number of oxime groups is 1. The third-order valence-electron chi connectivity index (χ3n) is 8.89. The second-order valence-electron chi connectivity index (χ2n) is 13.5. The molecule has 2 fully saturated rings. The molecule has 1 saturated carbocycles. The zero-order chi connectivity index (χ0) is 29.4. The molecular weight excluding hydrogens is 518 g/mol. The van der Waals surface area contributed by atoms with Crippen molar-refractivity contribution in [3.05, 3.63) is 41.5 Å². The van der Waals surface area contributed by atoms with Crippen molar-refractivity contribution in [1.82, 2.24) is 19.7 Å². The summed E-state index contributed by atoms with van der Waals surface area (Å²) in [6, 6.07) is 8.30. The summed E-state index contributed by atoms with van der Waals surface area (Å²) < 4.78 is 14.0. The van der Waals surface area contributed by atoms with E-state index in [9.17, 15) is 4.79 Å². The SMILES string of the molecule is CC(C)c1cccc(O[C@H](C)c2nnc(C3CCC(C4=NOC5(CCN(C(=O)OC(C)(C)C)CC5)C4)CC3)n2C)c1. The Labute approximate surface area is 244 Å². The van der Waals surface area contributed by atoms with Crippen molar-refractivity contribution < 1.29 is 19.1 Å². The first-order valence-corrected chi connectivity index (χ1v) is 15.3. The van der Waals surface area contributed by atoms with Gasteiger partial charge in [0.25, 0.3) is 0 Å². The summed E-state index contributed by atoms with van der Waals surface area (Å²) >= 11 is 0. The number of benzene rings is 1. The molecule has 2 aromatic rings. The molecule has 3 heterocycles. The number of hydrogen-bond donors (Lipinski definition) is 0. The number of carbonyl (C=O) groups is 1. The van der Waals surface area contributed by atoms with Gasteiger partial charge in [0.05, 0.1) is 5.71 Å². The number of piperidine rings is 1. The zero-order valence-corrected chi connectivity index (χ0v) is 25.9. The van der Waals surface area contributed by atoms with Gasteiger partial charge in [-0.05, 0) is 77.0 Å². The van der Waals surface area contributed by atoms with Gasteiger partial charge in [-0.15, -0.1) is 10.2 Å². The molecule has 224 valence electrons. The van der Waals surface area contributed by atoms with E-state index in [-0.39, 0.29) is 17.8 Å². The van der Waals surface area contributed by atoms with Gasteiger partial charge in [-0.2, -0.15) is 0 Å². The van der Waals surface area contributed by atoms with Crippen LogP contribution in [-0.2, 0) is 16.6 Å². The zero-order valence-electron chi connectivity index (χ0n) is 25.9. The van der Waals surface area contributed by atoms with E-state index in [0.29, 0.717) is 30.8 Å². The highest BCUT2D eigenvalue weighted by Crippen LogP contribution is 2.42. The van der Waals surface area contributed by atoms with Crippen LogP contribution in [0.25, 0.3) is 0 Å². The molecule has 0 bridgehead atoms. The minimum atomic E-state index is -0.482. The molecule has 3 aliphatic rings. The van der Waals surface area contributed by atoms with Gasteiger partial charge in [0, 0.05) is 51.2 Å². The first-order chi connectivity index (χ1) is 19.4. The van der Waals surface area contributed by atoms with E-state index in [0.717, 1.165) is 62.3 Å². The van der Waals surface area contributed by atoms with Crippen molar-refractivity contribution in [3.8, 4) is 5.75 Å². The maximum atomic E-state index is 12.5. The third-order valence-corrected chi connectivity index (χ3v) is 8.89. The van der Waals surface area contributed by atoms with E-state index in [2.05, 4.69) is 52.9 Å². The quantitative estimate of drug-likeness (QED) is 0.378. The number of amides is 1. The second kappa shape index (κ2) is 11.6. The molecule has 5 rings (SSSR count). The van der Waals surface area contributed by atoms with Gasteiger partial charge in [-0.3, -0.25) is 0 Å². The summed E-state index contributed by atoms with van der Waals surface area (Å²) in [7, 11) is 2.06. The van der Waals surface area contributed by atoms with Crippen molar-refractivity contribution in [2.24, 2.45) is 18.1 Å². The van der Waals surface area contributed by atoms with Crippen LogP contribution < -0.4 is 4.74 Å². The Kier molecular flexibility index (Phi) is 8.35. The van der Waals surface area contributed by atoms with Crippen LogP contribution in [0.4, 0.5) is 4.79 Å². The van der Waals surface area contributed by atoms with Gasteiger partial charge < -0.3 is 23.8 Å². The molecule has 1 saturated heterocycles. The Bertz CT molecular complexity index is 1250. The molecule has 1 amide bonds. The summed E-state index contributed by atoms with van der Waals surface area (Å²) in [5, 5.41) is 13.8. The monoisotopic (exact) mass is 565 g/mol. The highest BCUT2D eigenvalue weighted by Gasteiger charge is 2.45.